The van der Waals surface area contributed by atoms with Gasteiger partial charge < -0.3 is 0 Å². The van der Waals surface area contributed by atoms with Gasteiger partial charge in [0.2, 0.25) is 0 Å². The summed E-state index contributed by atoms with van der Waals surface area (Å²) < 4.78 is 18.2. The summed E-state index contributed by atoms with van der Waals surface area (Å²) in [5.74, 6) is 0. The molecule has 0 saturated heterocycles. The smallest absolute Gasteiger partial charge is 0.0104 e. The molecule has 0 aliphatic carbocycles. The summed E-state index contributed by atoms with van der Waals surface area (Å²) >= 11 is 0. The van der Waals surface area contributed by atoms with E-state index in [1.165, 1.54) is 5.15 Å². The van der Waals surface area contributed by atoms with Crippen molar-refractivity contribution in [1.29, 1.82) is 0 Å². The Hall–Kier alpha value is 1.05. The number of halogens is 2. The molecule has 0 aliphatic heterocycles. The predicted molar refractivity (Wildman–Crippen MR) is 3.30 cm³/mol. The molecule has 0 spiro atoms. The van der Waals surface area contributed by atoms with Gasteiger partial charge in [0, 0.05) is 42.0 Å². The van der Waals surface area contributed by atoms with Crippen LogP contribution in [0.2, 0.25) is 0 Å². The zero-order valence-electron chi connectivity index (χ0n) is 1.44. The molecule has 0 aromatic rings. The molecule has 0 amide bonds. The van der Waals surface area contributed by atoms with Crippen molar-refractivity contribution >= 4 is 0 Å². The molecule has 4 heteroatoms. The largest absolute Gasteiger partial charge is 0.0209 e. The second kappa shape index (κ2) is 8.96. The van der Waals surface area contributed by atoms with E-state index in [0.29, 0.717) is 0 Å². The molecular formula is F2OTm. The second-order valence-electron chi connectivity index (χ2n) is 0.0583. The number of rotatable bonds is 0. The summed E-state index contributed by atoms with van der Waals surface area (Å²) in [6.45, 7) is 0. The molecular weight excluding hydrogens is 223 g/mol. The zero-order valence-corrected chi connectivity index (χ0v) is 3.22. The van der Waals surface area contributed by atoms with Crippen LogP contribution in [-0.2, 0) is 5.15 Å². The quantitative estimate of drug-likeness (QED) is 0.589. The van der Waals surface area contributed by atoms with Crippen LogP contribution in [0.25, 0.3) is 0 Å². The van der Waals surface area contributed by atoms with Gasteiger partial charge >= 0.3 is 0 Å². The molecule has 0 unspecified atom stereocenters. The van der Waals surface area contributed by atoms with Crippen molar-refractivity contribution in [3.8, 4) is 0 Å². The van der Waals surface area contributed by atoms with Crippen LogP contribution in [0.5, 0.6) is 0 Å². The zero-order chi connectivity index (χ0) is 2.71. The van der Waals surface area contributed by atoms with E-state index >= 15 is 0 Å². The van der Waals surface area contributed by atoms with Gasteiger partial charge in [0.1, 0.15) is 0 Å². The predicted octanol–water partition coefficient (Wildman–Crippen LogP) is 0.772. The molecule has 0 atom stereocenters. The van der Waals surface area contributed by atoms with Crippen LogP contribution >= 0.6 is 0 Å². The van der Waals surface area contributed by atoms with E-state index in [9.17, 15) is 0 Å². The van der Waals surface area contributed by atoms with Crippen molar-refractivity contribution in [2.75, 3.05) is 0 Å². The molecule has 33 valence electrons. The molecule has 1 nitrogen and oxygen atoms in total. The second-order valence-corrected chi connectivity index (χ2v) is 0.0583. The first-order valence-electron chi connectivity index (χ1n) is 0.309. The average Bonchev–Trinajstić information content (AvgIpc) is 0.918. The normalized spacial score (nSPS) is 4.50. The SMILES string of the molecule is FOF.[Tm]. The topological polar surface area (TPSA) is 9.23 Å². The summed E-state index contributed by atoms with van der Waals surface area (Å²) in [6.07, 6.45) is 0. The van der Waals surface area contributed by atoms with Gasteiger partial charge in [-0.15, -0.1) is 0 Å². The summed E-state index contributed by atoms with van der Waals surface area (Å²) in [7, 11) is 0. The molecule has 0 aromatic heterocycles. The minimum atomic E-state index is 0. The van der Waals surface area contributed by atoms with E-state index in [2.05, 4.69) is 0 Å². The van der Waals surface area contributed by atoms with Crippen molar-refractivity contribution in [2.24, 2.45) is 0 Å². The first-order chi connectivity index (χ1) is 1.41. The van der Waals surface area contributed by atoms with Crippen LogP contribution in [0.15, 0.2) is 0 Å². The maximum absolute atomic E-state index is 9.12. The Labute approximate surface area is 50.9 Å². The van der Waals surface area contributed by atoms with Crippen LogP contribution in [0, 0.1) is 36.9 Å². The van der Waals surface area contributed by atoms with Crippen LogP contribution in [0.1, 0.15) is 0 Å². The van der Waals surface area contributed by atoms with Crippen LogP contribution in [-0.4, -0.2) is 0 Å². The fourth-order valence-electron chi connectivity index (χ4n) is 0. The Kier molecular flexibility index (Phi) is 20.0. The molecule has 0 aromatic carbocycles. The average molecular weight is 223 g/mol. The van der Waals surface area contributed by atoms with E-state index in [1.54, 1.807) is 0 Å². The molecule has 0 rings (SSSR count). The molecule has 0 bridgehead atoms. The summed E-state index contributed by atoms with van der Waals surface area (Å²) in [6, 6.07) is 0. The fraction of sp³-hybridized carbons (Fsp3) is 0. The van der Waals surface area contributed by atoms with Gasteiger partial charge in [0.25, 0.3) is 0 Å². The molecule has 0 N–H and O–H groups in total. The third kappa shape index (κ3) is 11.6. The number of hydrogen-bond donors (Lipinski definition) is 0. The Morgan fingerprint density at radius 1 is 1.25 bits per heavy atom. The standard InChI is InChI=1S/F2O.Tm/c1-3-2;. The third-order valence-electron chi connectivity index (χ3n) is 0. The summed E-state index contributed by atoms with van der Waals surface area (Å²) in [5.41, 5.74) is 0. The molecule has 4 heavy (non-hydrogen) atoms. The molecule has 0 saturated carbocycles. The van der Waals surface area contributed by atoms with E-state index in [1.807, 2.05) is 0 Å². The van der Waals surface area contributed by atoms with Crippen LogP contribution < -0.4 is 0 Å². The monoisotopic (exact) mass is 223 g/mol. The minimum absolute atomic E-state index is 0. The van der Waals surface area contributed by atoms with Gasteiger partial charge in [-0.2, -0.15) is 0 Å². The minimum Gasteiger partial charge on any atom is -0.0104 e. The fourth-order valence-corrected chi connectivity index (χ4v) is 0. The van der Waals surface area contributed by atoms with Gasteiger partial charge in [-0.05, 0) is 9.05 Å². The van der Waals surface area contributed by atoms with E-state index in [-0.39, 0.29) is 36.9 Å². The Morgan fingerprint density at radius 3 is 1.25 bits per heavy atom. The molecule has 0 heterocycles. The van der Waals surface area contributed by atoms with Crippen LogP contribution in [0.3, 0.4) is 0 Å². The first kappa shape index (κ1) is 8.91. The maximum atomic E-state index is 9.12. The third-order valence-corrected chi connectivity index (χ3v) is 0. The van der Waals surface area contributed by atoms with E-state index in [4.69, 9.17) is 9.05 Å². The Bertz CT molecular complexity index is 6.00. The summed E-state index contributed by atoms with van der Waals surface area (Å²) in [5, 5.41) is 1.25. The van der Waals surface area contributed by atoms with Gasteiger partial charge in [-0.1, -0.05) is 0 Å². The molecule has 0 fully saturated rings. The van der Waals surface area contributed by atoms with Crippen molar-refractivity contribution in [3.05, 3.63) is 0 Å². The van der Waals surface area contributed by atoms with Crippen molar-refractivity contribution < 1.29 is 51.1 Å². The van der Waals surface area contributed by atoms with Crippen LogP contribution in [0.4, 0.5) is 9.05 Å². The molecule has 0 aliphatic rings. The van der Waals surface area contributed by atoms with E-state index < -0.39 is 0 Å². The van der Waals surface area contributed by atoms with Gasteiger partial charge in [0.15, 0.2) is 0 Å². The van der Waals surface area contributed by atoms with Gasteiger partial charge in [-0.3, -0.25) is 0 Å². The Morgan fingerprint density at radius 2 is 1.25 bits per heavy atom. The summed E-state index contributed by atoms with van der Waals surface area (Å²) in [4.78, 5) is 0. The van der Waals surface area contributed by atoms with Crippen molar-refractivity contribution in [2.45, 2.75) is 0 Å². The first-order valence-corrected chi connectivity index (χ1v) is 0.309. The molecule has 1 radical (unpaired) electrons. The van der Waals surface area contributed by atoms with Crippen molar-refractivity contribution in [1.82, 2.24) is 0 Å². The Balaban J connectivity index is 0. The van der Waals surface area contributed by atoms with Crippen molar-refractivity contribution in [3.63, 3.8) is 0 Å². The maximum Gasteiger partial charge on any atom is 0.0209 e. The number of hydrogen-bond acceptors (Lipinski definition) is 1. The van der Waals surface area contributed by atoms with Gasteiger partial charge in [-0.25, -0.2) is 0 Å². The van der Waals surface area contributed by atoms with Gasteiger partial charge in [0.05, 0.1) is 0 Å². The van der Waals surface area contributed by atoms with E-state index in [0.717, 1.165) is 0 Å².